The minimum absolute atomic E-state index is 0.0807. The lowest BCUT2D eigenvalue weighted by atomic mass is 10.2. The number of halogens is 2. The Bertz CT molecular complexity index is 1180. The van der Waals surface area contributed by atoms with Gasteiger partial charge in [0, 0.05) is 15.7 Å². The number of anilines is 2. The number of hydrogen-bond donors (Lipinski definition) is 1. The molecule has 0 bridgehead atoms. The van der Waals surface area contributed by atoms with Crippen molar-refractivity contribution in [2.75, 3.05) is 16.2 Å². The number of carbonyl (C=O) groups is 1. The third-order valence-electron chi connectivity index (χ3n) is 4.52. The molecule has 0 atom stereocenters. The maximum Gasteiger partial charge on any atom is 0.264 e. The van der Waals surface area contributed by atoms with Gasteiger partial charge in [-0.15, -0.1) is 0 Å². The van der Waals surface area contributed by atoms with Crippen molar-refractivity contribution in [3.63, 3.8) is 0 Å². The van der Waals surface area contributed by atoms with Crippen LogP contribution in [0.4, 0.5) is 11.4 Å². The smallest absolute Gasteiger partial charge is 0.264 e. The number of amides is 1. The van der Waals surface area contributed by atoms with Crippen LogP contribution in [0.2, 0.25) is 10.0 Å². The van der Waals surface area contributed by atoms with E-state index >= 15 is 0 Å². The fraction of sp³-hybridized carbons (Fsp3) is 0.136. The first-order valence-electron chi connectivity index (χ1n) is 9.08. The number of nitrogens with one attached hydrogen (secondary N) is 1. The first-order valence-corrected chi connectivity index (χ1v) is 11.3. The first kappa shape index (κ1) is 22.2. The van der Waals surface area contributed by atoms with Crippen LogP contribution in [-0.4, -0.2) is 20.9 Å². The molecule has 3 aromatic carbocycles. The fourth-order valence-corrected chi connectivity index (χ4v) is 4.69. The monoisotopic (exact) mass is 462 g/mol. The molecule has 0 fully saturated rings. The summed E-state index contributed by atoms with van der Waals surface area (Å²) in [5.41, 5.74) is 2.44. The largest absolute Gasteiger partial charge is 0.324 e. The summed E-state index contributed by atoms with van der Waals surface area (Å²) in [6, 6.07) is 17.9. The van der Waals surface area contributed by atoms with E-state index in [1.54, 1.807) is 55.5 Å². The van der Waals surface area contributed by atoms with Crippen molar-refractivity contribution in [1.82, 2.24) is 0 Å². The van der Waals surface area contributed by atoms with E-state index in [0.29, 0.717) is 21.4 Å². The standard InChI is InChI=1S/C22H20Cl2N2O3S/c1-15-8-10-18(13-20(15)24)26(30(28,29)19-6-4-3-5-7-19)14-22(27)25-21-11-9-17(23)12-16(21)2/h3-13H,14H2,1-2H3,(H,25,27). The molecule has 0 radical (unpaired) electrons. The SMILES string of the molecule is Cc1ccc(N(CC(=O)Nc2ccc(Cl)cc2C)S(=O)(=O)c2ccccc2)cc1Cl. The van der Waals surface area contributed by atoms with Crippen LogP contribution in [0.25, 0.3) is 0 Å². The molecule has 5 nitrogen and oxygen atoms in total. The Morgan fingerprint density at radius 3 is 2.27 bits per heavy atom. The molecular weight excluding hydrogens is 443 g/mol. The topological polar surface area (TPSA) is 66.5 Å². The zero-order valence-corrected chi connectivity index (χ0v) is 18.7. The molecule has 0 unspecified atom stereocenters. The summed E-state index contributed by atoms with van der Waals surface area (Å²) in [6.45, 7) is 3.20. The zero-order chi connectivity index (χ0) is 21.9. The minimum atomic E-state index is -4.00. The molecule has 3 rings (SSSR count). The summed E-state index contributed by atoms with van der Waals surface area (Å²) in [6.07, 6.45) is 0. The van der Waals surface area contributed by atoms with E-state index in [2.05, 4.69) is 5.32 Å². The highest BCUT2D eigenvalue weighted by Gasteiger charge is 2.27. The highest BCUT2D eigenvalue weighted by Crippen LogP contribution is 2.28. The molecule has 0 aliphatic rings. The lowest BCUT2D eigenvalue weighted by Gasteiger charge is -2.24. The van der Waals surface area contributed by atoms with E-state index in [0.717, 1.165) is 15.4 Å². The van der Waals surface area contributed by atoms with E-state index < -0.39 is 22.5 Å². The quantitative estimate of drug-likeness (QED) is 0.529. The Morgan fingerprint density at radius 2 is 1.63 bits per heavy atom. The second-order valence-corrected chi connectivity index (χ2v) is 9.47. The van der Waals surface area contributed by atoms with Gasteiger partial charge in [0.05, 0.1) is 10.6 Å². The summed E-state index contributed by atoms with van der Waals surface area (Å²) in [4.78, 5) is 12.9. The minimum Gasteiger partial charge on any atom is -0.324 e. The van der Waals surface area contributed by atoms with Crippen LogP contribution in [0.5, 0.6) is 0 Å². The molecule has 1 amide bonds. The number of aryl methyl sites for hydroxylation is 2. The van der Waals surface area contributed by atoms with E-state index in [1.807, 2.05) is 6.92 Å². The predicted octanol–water partition coefficient (Wildman–Crippen LogP) is 5.44. The predicted molar refractivity (Wildman–Crippen MR) is 122 cm³/mol. The van der Waals surface area contributed by atoms with Gasteiger partial charge in [-0.05, 0) is 67.4 Å². The van der Waals surface area contributed by atoms with Crippen LogP contribution in [0.3, 0.4) is 0 Å². The third-order valence-corrected chi connectivity index (χ3v) is 6.95. The first-order chi connectivity index (χ1) is 14.2. The summed E-state index contributed by atoms with van der Waals surface area (Å²) < 4.78 is 27.7. The molecule has 0 aromatic heterocycles. The van der Waals surface area contributed by atoms with Crippen LogP contribution in [-0.2, 0) is 14.8 Å². The van der Waals surface area contributed by atoms with Crippen LogP contribution >= 0.6 is 23.2 Å². The van der Waals surface area contributed by atoms with E-state index in [1.165, 1.54) is 18.2 Å². The lowest BCUT2D eigenvalue weighted by Crippen LogP contribution is -2.38. The van der Waals surface area contributed by atoms with Gasteiger partial charge in [-0.2, -0.15) is 0 Å². The van der Waals surface area contributed by atoms with E-state index in [-0.39, 0.29) is 4.90 Å². The molecule has 0 aliphatic carbocycles. The number of rotatable bonds is 6. The van der Waals surface area contributed by atoms with Crippen LogP contribution in [0, 0.1) is 13.8 Å². The Kier molecular flexibility index (Phi) is 6.71. The van der Waals surface area contributed by atoms with Crippen LogP contribution in [0.1, 0.15) is 11.1 Å². The van der Waals surface area contributed by atoms with Crippen molar-refractivity contribution in [2.24, 2.45) is 0 Å². The molecule has 0 aliphatic heterocycles. The Labute approximate surface area is 186 Å². The van der Waals surface area contributed by atoms with Crippen molar-refractivity contribution in [3.8, 4) is 0 Å². The number of sulfonamides is 1. The van der Waals surface area contributed by atoms with E-state index in [9.17, 15) is 13.2 Å². The van der Waals surface area contributed by atoms with Gasteiger partial charge >= 0.3 is 0 Å². The van der Waals surface area contributed by atoms with Gasteiger partial charge in [-0.25, -0.2) is 8.42 Å². The molecule has 0 heterocycles. The third kappa shape index (κ3) is 4.95. The molecule has 30 heavy (non-hydrogen) atoms. The molecule has 8 heteroatoms. The maximum absolute atomic E-state index is 13.3. The highest BCUT2D eigenvalue weighted by molar-refractivity contribution is 7.92. The molecule has 0 spiro atoms. The number of hydrogen-bond acceptors (Lipinski definition) is 3. The van der Waals surface area contributed by atoms with Gasteiger partial charge < -0.3 is 5.32 Å². The zero-order valence-electron chi connectivity index (χ0n) is 16.4. The van der Waals surface area contributed by atoms with Crippen molar-refractivity contribution < 1.29 is 13.2 Å². The Morgan fingerprint density at radius 1 is 0.933 bits per heavy atom. The van der Waals surface area contributed by atoms with Crippen LogP contribution in [0.15, 0.2) is 71.6 Å². The fourth-order valence-electron chi connectivity index (χ4n) is 2.86. The van der Waals surface area contributed by atoms with Crippen molar-refractivity contribution in [2.45, 2.75) is 18.7 Å². The molecular formula is C22H20Cl2N2O3S. The highest BCUT2D eigenvalue weighted by atomic mass is 35.5. The lowest BCUT2D eigenvalue weighted by molar-refractivity contribution is -0.114. The van der Waals surface area contributed by atoms with Gasteiger partial charge in [-0.3, -0.25) is 9.10 Å². The molecule has 0 saturated carbocycles. The number of nitrogens with zero attached hydrogens (tertiary/aromatic N) is 1. The normalized spacial score (nSPS) is 11.2. The molecule has 0 saturated heterocycles. The van der Waals surface area contributed by atoms with Crippen molar-refractivity contribution in [1.29, 1.82) is 0 Å². The maximum atomic E-state index is 13.3. The van der Waals surface area contributed by atoms with Crippen LogP contribution < -0.4 is 9.62 Å². The summed E-state index contributed by atoms with van der Waals surface area (Å²) in [5.74, 6) is -0.489. The summed E-state index contributed by atoms with van der Waals surface area (Å²) in [5, 5.41) is 3.71. The molecule has 3 aromatic rings. The summed E-state index contributed by atoms with van der Waals surface area (Å²) >= 11 is 12.2. The van der Waals surface area contributed by atoms with Gasteiger partial charge in [0.25, 0.3) is 10.0 Å². The Hall–Kier alpha value is -2.54. The number of benzene rings is 3. The van der Waals surface area contributed by atoms with Gasteiger partial charge in [0.2, 0.25) is 5.91 Å². The van der Waals surface area contributed by atoms with Crippen molar-refractivity contribution in [3.05, 3.63) is 87.9 Å². The second kappa shape index (κ2) is 9.08. The molecule has 156 valence electrons. The summed E-state index contributed by atoms with van der Waals surface area (Å²) in [7, 11) is -4.00. The van der Waals surface area contributed by atoms with Gasteiger partial charge in [0.15, 0.2) is 0 Å². The van der Waals surface area contributed by atoms with E-state index in [4.69, 9.17) is 23.2 Å². The van der Waals surface area contributed by atoms with Gasteiger partial charge in [0.1, 0.15) is 6.54 Å². The Balaban J connectivity index is 1.97. The average Bonchev–Trinajstić information content (AvgIpc) is 2.71. The second-order valence-electron chi connectivity index (χ2n) is 6.77. The number of carbonyl (C=O) groups excluding carboxylic acids is 1. The molecule has 1 N–H and O–H groups in total. The average molecular weight is 463 g/mol. The van der Waals surface area contributed by atoms with Gasteiger partial charge in [-0.1, -0.05) is 47.5 Å². The van der Waals surface area contributed by atoms with Crippen molar-refractivity contribution >= 4 is 50.5 Å².